The van der Waals surface area contributed by atoms with E-state index < -0.39 is 5.60 Å². The molecule has 5 atom stereocenters. The maximum Gasteiger partial charge on any atom is 0.0784 e. The molecule has 0 spiro atoms. The first-order chi connectivity index (χ1) is 8.87. The summed E-state index contributed by atoms with van der Waals surface area (Å²) in [6.45, 7) is 9.45. The number of hydrogen-bond acceptors (Lipinski definition) is 1. The van der Waals surface area contributed by atoms with Crippen LogP contribution in [0.2, 0.25) is 0 Å². The van der Waals surface area contributed by atoms with Gasteiger partial charge in [-0.25, -0.2) is 0 Å². The second-order valence-electron chi connectivity index (χ2n) is 8.55. The topological polar surface area (TPSA) is 20.2 Å². The van der Waals surface area contributed by atoms with Gasteiger partial charge in [0.2, 0.25) is 0 Å². The van der Waals surface area contributed by atoms with Gasteiger partial charge in [0, 0.05) is 0 Å². The van der Waals surface area contributed by atoms with Crippen molar-refractivity contribution in [3.05, 3.63) is 0 Å². The third-order valence-electron chi connectivity index (χ3n) is 7.63. The molecule has 3 rings (SSSR count). The summed E-state index contributed by atoms with van der Waals surface area (Å²) in [7, 11) is 0. The molecule has 1 N–H and O–H groups in total. The maximum absolute atomic E-state index is 11.9. The van der Waals surface area contributed by atoms with E-state index in [-0.39, 0.29) is 10.8 Å². The summed E-state index contributed by atoms with van der Waals surface area (Å²) in [5.41, 5.74) is -0.101. The second-order valence-corrected chi connectivity index (χ2v) is 8.55. The van der Waals surface area contributed by atoms with Crippen molar-refractivity contribution in [2.75, 3.05) is 0 Å². The summed E-state index contributed by atoms with van der Waals surface area (Å²) >= 11 is 0. The van der Waals surface area contributed by atoms with Crippen molar-refractivity contribution in [2.24, 2.45) is 28.6 Å². The normalized spacial score (nSPS) is 52.6. The van der Waals surface area contributed by atoms with E-state index in [0.717, 1.165) is 11.8 Å². The van der Waals surface area contributed by atoms with E-state index in [4.69, 9.17) is 0 Å². The van der Waals surface area contributed by atoms with E-state index in [0.29, 0.717) is 5.92 Å². The molecule has 0 aromatic rings. The van der Waals surface area contributed by atoms with Crippen LogP contribution in [0.4, 0.5) is 0 Å². The Morgan fingerprint density at radius 3 is 2.32 bits per heavy atom. The first-order valence-corrected chi connectivity index (χ1v) is 8.59. The maximum atomic E-state index is 11.9. The van der Waals surface area contributed by atoms with Gasteiger partial charge >= 0.3 is 0 Å². The van der Waals surface area contributed by atoms with Gasteiger partial charge in [0.05, 0.1) is 5.60 Å². The molecule has 0 aromatic carbocycles. The van der Waals surface area contributed by atoms with Crippen LogP contribution in [0.3, 0.4) is 0 Å². The molecule has 3 aliphatic rings. The van der Waals surface area contributed by atoms with E-state index in [2.05, 4.69) is 27.7 Å². The lowest BCUT2D eigenvalue weighted by atomic mass is 9.51. The minimum atomic E-state index is -0.413. The third-order valence-corrected chi connectivity index (χ3v) is 7.63. The molecule has 0 saturated heterocycles. The predicted octanol–water partition coefficient (Wildman–Crippen LogP) is 4.78. The molecular formula is C18H32O. The zero-order valence-corrected chi connectivity index (χ0v) is 13.3. The lowest BCUT2D eigenvalue weighted by molar-refractivity contribution is -0.199. The van der Waals surface area contributed by atoms with Gasteiger partial charge in [-0.15, -0.1) is 0 Å². The van der Waals surface area contributed by atoms with Crippen molar-refractivity contribution < 1.29 is 5.11 Å². The summed E-state index contributed by atoms with van der Waals surface area (Å²) in [6, 6.07) is 0. The molecule has 19 heavy (non-hydrogen) atoms. The summed E-state index contributed by atoms with van der Waals surface area (Å²) in [5.74, 6) is 2.06. The molecule has 0 aliphatic heterocycles. The lowest BCUT2D eigenvalue weighted by Crippen LogP contribution is -2.61. The molecular weight excluding hydrogens is 232 g/mol. The van der Waals surface area contributed by atoms with Crippen molar-refractivity contribution in [3.8, 4) is 0 Å². The average Bonchev–Trinajstić information content (AvgIpc) is 2.86. The van der Waals surface area contributed by atoms with E-state index in [9.17, 15) is 5.11 Å². The first-order valence-electron chi connectivity index (χ1n) is 8.59. The molecule has 0 aromatic heterocycles. The number of hydrogen-bond donors (Lipinski definition) is 1. The van der Waals surface area contributed by atoms with Crippen LogP contribution in [0, 0.1) is 28.6 Å². The van der Waals surface area contributed by atoms with Crippen molar-refractivity contribution >= 4 is 0 Å². The standard InChI is InChI=1S/C18H32O/c1-5-13-8-6-7-9-15(13)18(19)16(2,3)14-10-11-17(18,4)12-14/h13-15,19H,5-12H2,1-4H3. The molecule has 2 bridgehead atoms. The molecule has 0 radical (unpaired) electrons. The van der Waals surface area contributed by atoms with Crippen molar-refractivity contribution in [3.63, 3.8) is 0 Å². The third kappa shape index (κ3) is 1.57. The SMILES string of the molecule is CCC1CCCCC1C1(O)C2(C)CCC(C2)C1(C)C. The second kappa shape index (κ2) is 4.23. The van der Waals surface area contributed by atoms with Gasteiger partial charge in [0.1, 0.15) is 0 Å². The fourth-order valence-corrected chi connectivity index (χ4v) is 6.46. The van der Waals surface area contributed by atoms with E-state index in [1.54, 1.807) is 0 Å². The highest BCUT2D eigenvalue weighted by Gasteiger charge is 2.71. The van der Waals surface area contributed by atoms with Gasteiger partial charge in [0.15, 0.2) is 0 Å². The van der Waals surface area contributed by atoms with Crippen molar-refractivity contribution in [1.82, 2.24) is 0 Å². The zero-order valence-electron chi connectivity index (χ0n) is 13.3. The van der Waals surface area contributed by atoms with Crippen LogP contribution in [0.1, 0.15) is 79.1 Å². The summed E-state index contributed by atoms with van der Waals surface area (Å²) < 4.78 is 0. The van der Waals surface area contributed by atoms with Gasteiger partial charge in [-0.2, -0.15) is 0 Å². The average molecular weight is 264 g/mol. The number of aliphatic hydroxyl groups is 1. The quantitative estimate of drug-likeness (QED) is 0.761. The highest BCUT2D eigenvalue weighted by molar-refractivity contribution is 5.20. The Morgan fingerprint density at radius 1 is 1.05 bits per heavy atom. The molecule has 1 nitrogen and oxygen atoms in total. The molecule has 110 valence electrons. The minimum Gasteiger partial charge on any atom is -0.388 e. The smallest absolute Gasteiger partial charge is 0.0784 e. The Balaban J connectivity index is 2.00. The van der Waals surface area contributed by atoms with E-state index >= 15 is 0 Å². The molecule has 3 aliphatic carbocycles. The Hall–Kier alpha value is -0.0400. The van der Waals surface area contributed by atoms with Gasteiger partial charge in [-0.3, -0.25) is 0 Å². The van der Waals surface area contributed by atoms with Gasteiger partial charge in [0.25, 0.3) is 0 Å². The van der Waals surface area contributed by atoms with Crippen LogP contribution in [0.15, 0.2) is 0 Å². The Kier molecular flexibility index (Phi) is 3.10. The predicted molar refractivity (Wildman–Crippen MR) is 79.9 cm³/mol. The van der Waals surface area contributed by atoms with Crippen LogP contribution < -0.4 is 0 Å². The summed E-state index contributed by atoms with van der Waals surface area (Å²) in [4.78, 5) is 0. The van der Waals surface area contributed by atoms with Crippen LogP contribution in [0.5, 0.6) is 0 Å². The monoisotopic (exact) mass is 264 g/mol. The highest BCUT2D eigenvalue weighted by Crippen LogP contribution is 2.71. The Morgan fingerprint density at radius 2 is 1.74 bits per heavy atom. The lowest BCUT2D eigenvalue weighted by Gasteiger charge is -2.57. The van der Waals surface area contributed by atoms with Crippen molar-refractivity contribution in [1.29, 1.82) is 0 Å². The molecule has 3 saturated carbocycles. The van der Waals surface area contributed by atoms with Crippen LogP contribution in [0.25, 0.3) is 0 Å². The van der Waals surface area contributed by atoms with Gasteiger partial charge in [-0.05, 0) is 54.3 Å². The van der Waals surface area contributed by atoms with E-state index in [1.807, 2.05) is 0 Å². The van der Waals surface area contributed by atoms with Gasteiger partial charge < -0.3 is 5.11 Å². The summed E-state index contributed by atoms with van der Waals surface area (Å²) in [6.07, 6.45) is 10.4. The molecule has 0 amide bonds. The first kappa shape index (κ1) is 13.9. The number of fused-ring (bicyclic) bond motifs is 2. The van der Waals surface area contributed by atoms with E-state index in [1.165, 1.54) is 51.4 Å². The molecule has 5 unspecified atom stereocenters. The molecule has 3 fully saturated rings. The fourth-order valence-electron chi connectivity index (χ4n) is 6.46. The molecule has 1 heteroatoms. The van der Waals surface area contributed by atoms with Crippen LogP contribution in [-0.4, -0.2) is 10.7 Å². The van der Waals surface area contributed by atoms with Crippen molar-refractivity contribution in [2.45, 2.75) is 84.7 Å². The van der Waals surface area contributed by atoms with Crippen LogP contribution in [-0.2, 0) is 0 Å². The minimum absolute atomic E-state index is 0.120. The fraction of sp³-hybridized carbons (Fsp3) is 1.00. The number of rotatable bonds is 2. The molecule has 0 heterocycles. The zero-order chi connectivity index (χ0) is 13.9. The summed E-state index contributed by atoms with van der Waals surface area (Å²) in [5, 5.41) is 11.9. The van der Waals surface area contributed by atoms with Gasteiger partial charge in [-0.1, -0.05) is 53.4 Å². The van der Waals surface area contributed by atoms with Crippen LogP contribution >= 0.6 is 0 Å². The highest BCUT2D eigenvalue weighted by atomic mass is 16.3. The Labute approximate surface area is 119 Å². The Bertz CT molecular complexity index is 354. The largest absolute Gasteiger partial charge is 0.388 e.